The zero-order valence-corrected chi connectivity index (χ0v) is 12.5. The van der Waals surface area contributed by atoms with Crippen LogP contribution in [-0.2, 0) is 17.7 Å². The van der Waals surface area contributed by atoms with Gasteiger partial charge >= 0.3 is 0 Å². The largest absolute Gasteiger partial charge is 0.376 e. The van der Waals surface area contributed by atoms with Gasteiger partial charge in [-0.3, -0.25) is 0 Å². The summed E-state index contributed by atoms with van der Waals surface area (Å²) in [6.45, 7) is 4.30. The lowest BCUT2D eigenvalue weighted by atomic mass is 10.0. The minimum atomic E-state index is 0.255. The van der Waals surface area contributed by atoms with Crippen molar-refractivity contribution in [2.24, 2.45) is 5.73 Å². The van der Waals surface area contributed by atoms with Crippen LogP contribution in [0.5, 0.6) is 0 Å². The third-order valence-corrected chi connectivity index (χ3v) is 3.97. The van der Waals surface area contributed by atoms with Crippen LogP contribution in [0.4, 0.5) is 11.4 Å². The van der Waals surface area contributed by atoms with E-state index < -0.39 is 0 Å². The maximum atomic E-state index is 5.88. The highest BCUT2D eigenvalue weighted by atomic mass is 16.5. The first-order valence-electron chi connectivity index (χ1n) is 7.54. The number of rotatable bonds is 2. The second-order valence-corrected chi connectivity index (χ2v) is 5.54. The maximum absolute atomic E-state index is 5.88. The van der Waals surface area contributed by atoms with Crippen LogP contribution in [0.25, 0.3) is 0 Å². The first kappa shape index (κ1) is 14.1. The molecule has 1 unspecified atom stereocenters. The van der Waals surface area contributed by atoms with Gasteiger partial charge in [-0.2, -0.15) is 0 Å². The van der Waals surface area contributed by atoms with Crippen molar-refractivity contribution in [2.75, 3.05) is 18.1 Å². The Morgan fingerprint density at radius 1 is 1.19 bits per heavy atom. The van der Waals surface area contributed by atoms with E-state index in [1.54, 1.807) is 0 Å². The average molecular weight is 282 g/mol. The third-order valence-electron chi connectivity index (χ3n) is 3.97. The number of hydrogen-bond acceptors (Lipinski definition) is 3. The Kier molecular flexibility index (Phi) is 4.23. The molecule has 0 aromatic heterocycles. The number of benzene rings is 2. The van der Waals surface area contributed by atoms with Gasteiger partial charge in [0.2, 0.25) is 0 Å². The Morgan fingerprint density at radius 2 is 2.00 bits per heavy atom. The predicted octanol–water partition coefficient (Wildman–Crippen LogP) is 3.24. The summed E-state index contributed by atoms with van der Waals surface area (Å²) >= 11 is 0. The monoisotopic (exact) mass is 282 g/mol. The van der Waals surface area contributed by atoms with E-state index in [2.05, 4.69) is 54.3 Å². The van der Waals surface area contributed by atoms with Gasteiger partial charge in [0.05, 0.1) is 12.7 Å². The quantitative estimate of drug-likeness (QED) is 0.919. The second-order valence-electron chi connectivity index (χ2n) is 5.54. The van der Waals surface area contributed by atoms with Crippen LogP contribution in [0.1, 0.15) is 18.1 Å². The molecule has 2 N–H and O–H groups in total. The minimum Gasteiger partial charge on any atom is -0.376 e. The summed E-state index contributed by atoms with van der Waals surface area (Å²) < 4.78 is 5.88. The smallest absolute Gasteiger partial charge is 0.0649 e. The van der Waals surface area contributed by atoms with Crippen LogP contribution in [0.3, 0.4) is 0 Å². The van der Waals surface area contributed by atoms with Gasteiger partial charge in [-0.15, -0.1) is 0 Å². The first-order valence-corrected chi connectivity index (χ1v) is 7.54. The number of fused-ring (bicyclic) bond motifs is 1. The number of para-hydroxylation sites is 1. The molecule has 21 heavy (non-hydrogen) atoms. The molecule has 110 valence electrons. The van der Waals surface area contributed by atoms with Crippen molar-refractivity contribution in [3.63, 3.8) is 0 Å². The normalized spacial score (nSPS) is 18.8. The van der Waals surface area contributed by atoms with Gasteiger partial charge in [0, 0.05) is 30.9 Å². The van der Waals surface area contributed by atoms with E-state index >= 15 is 0 Å². The molecule has 3 nitrogen and oxygen atoms in total. The van der Waals surface area contributed by atoms with Crippen molar-refractivity contribution in [2.45, 2.75) is 26.0 Å². The van der Waals surface area contributed by atoms with E-state index in [-0.39, 0.29) is 6.10 Å². The van der Waals surface area contributed by atoms with Gasteiger partial charge in [-0.1, -0.05) is 30.3 Å². The van der Waals surface area contributed by atoms with E-state index in [1.165, 1.54) is 22.5 Å². The third kappa shape index (κ3) is 3.09. The summed E-state index contributed by atoms with van der Waals surface area (Å²) in [6, 6.07) is 17.0. The van der Waals surface area contributed by atoms with Crippen LogP contribution in [0, 0.1) is 0 Å². The van der Waals surface area contributed by atoms with Gasteiger partial charge in [0.1, 0.15) is 0 Å². The van der Waals surface area contributed by atoms with Crippen LogP contribution in [0.15, 0.2) is 48.5 Å². The lowest BCUT2D eigenvalue weighted by Crippen LogP contribution is -2.29. The molecule has 1 atom stereocenters. The SMILES string of the molecule is CC1Cc2ccc(CN)cc2N(c2ccccc2)CCO1. The van der Waals surface area contributed by atoms with Gasteiger partial charge < -0.3 is 15.4 Å². The zero-order chi connectivity index (χ0) is 14.7. The summed E-state index contributed by atoms with van der Waals surface area (Å²) in [5, 5.41) is 0. The first-order chi connectivity index (χ1) is 10.3. The van der Waals surface area contributed by atoms with Crippen molar-refractivity contribution in [3.8, 4) is 0 Å². The second kappa shape index (κ2) is 6.29. The molecule has 0 fully saturated rings. The molecule has 3 heteroatoms. The van der Waals surface area contributed by atoms with Crippen molar-refractivity contribution in [1.29, 1.82) is 0 Å². The molecule has 0 saturated heterocycles. The fourth-order valence-corrected chi connectivity index (χ4v) is 2.87. The Hall–Kier alpha value is -1.84. The molecule has 3 rings (SSSR count). The van der Waals surface area contributed by atoms with E-state index in [9.17, 15) is 0 Å². The lowest BCUT2D eigenvalue weighted by molar-refractivity contribution is 0.0703. The predicted molar refractivity (Wildman–Crippen MR) is 86.9 cm³/mol. The minimum absolute atomic E-state index is 0.255. The molecule has 1 aliphatic heterocycles. The van der Waals surface area contributed by atoms with Gasteiger partial charge in [0.25, 0.3) is 0 Å². The Balaban J connectivity index is 2.07. The Labute approximate surface area is 126 Å². The van der Waals surface area contributed by atoms with Crippen LogP contribution in [-0.4, -0.2) is 19.3 Å². The van der Waals surface area contributed by atoms with Crippen LogP contribution in [0.2, 0.25) is 0 Å². The summed E-state index contributed by atoms with van der Waals surface area (Å²) in [5.41, 5.74) is 10.8. The Bertz CT molecular complexity index is 597. The molecular formula is C18H22N2O. The zero-order valence-electron chi connectivity index (χ0n) is 12.5. The molecule has 0 saturated carbocycles. The molecule has 0 bridgehead atoms. The van der Waals surface area contributed by atoms with E-state index in [0.29, 0.717) is 6.54 Å². The highest BCUT2D eigenvalue weighted by Gasteiger charge is 2.19. The molecule has 0 amide bonds. The van der Waals surface area contributed by atoms with Gasteiger partial charge in [-0.05, 0) is 36.2 Å². The number of ether oxygens (including phenoxy) is 1. The number of hydrogen-bond donors (Lipinski definition) is 1. The standard InChI is InChI=1S/C18H22N2O/c1-14-11-16-8-7-15(13-19)12-18(16)20(9-10-21-14)17-5-3-2-4-6-17/h2-8,12,14H,9-11,13,19H2,1H3. The van der Waals surface area contributed by atoms with Crippen molar-refractivity contribution in [3.05, 3.63) is 59.7 Å². The van der Waals surface area contributed by atoms with Crippen molar-refractivity contribution in [1.82, 2.24) is 0 Å². The number of nitrogens with zero attached hydrogens (tertiary/aromatic N) is 1. The highest BCUT2D eigenvalue weighted by Crippen LogP contribution is 2.31. The van der Waals surface area contributed by atoms with Crippen molar-refractivity contribution < 1.29 is 4.74 Å². The van der Waals surface area contributed by atoms with E-state index in [4.69, 9.17) is 10.5 Å². The topological polar surface area (TPSA) is 38.5 Å². The molecule has 1 aliphatic rings. The average Bonchev–Trinajstić information content (AvgIpc) is 2.51. The number of anilines is 2. The Morgan fingerprint density at radius 3 is 2.76 bits per heavy atom. The highest BCUT2D eigenvalue weighted by molar-refractivity contribution is 5.67. The van der Waals surface area contributed by atoms with Crippen LogP contribution >= 0.6 is 0 Å². The molecule has 0 radical (unpaired) electrons. The van der Waals surface area contributed by atoms with E-state index in [0.717, 1.165) is 19.6 Å². The molecule has 1 heterocycles. The van der Waals surface area contributed by atoms with Gasteiger partial charge in [0.15, 0.2) is 0 Å². The fraction of sp³-hybridized carbons (Fsp3) is 0.333. The summed E-state index contributed by atoms with van der Waals surface area (Å²) in [6.07, 6.45) is 1.19. The molecular weight excluding hydrogens is 260 g/mol. The molecule has 0 aliphatic carbocycles. The van der Waals surface area contributed by atoms with Gasteiger partial charge in [-0.25, -0.2) is 0 Å². The van der Waals surface area contributed by atoms with Crippen LogP contribution < -0.4 is 10.6 Å². The fourth-order valence-electron chi connectivity index (χ4n) is 2.87. The maximum Gasteiger partial charge on any atom is 0.0649 e. The summed E-state index contributed by atoms with van der Waals surface area (Å²) in [7, 11) is 0. The molecule has 0 spiro atoms. The summed E-state index contributed by atoms with van der Waals surface area (Å²) in [4.78, 5) is 2.33. The molecule has 2 aromatic carbocycles. The summed E-state index contributed by atoms with van der Waals surface area (Å²) in [5.74, 6) is 0. The van der Waals surface area contributed by atoms with Crippen molar-refractivity contribution >= 4 is 11.4 Å². The van der Waals surface area contributed by atoms with E-state index in [1.807, 2.05) is 6.07 Å². The lowest BCUT2D eigenvalue weighted by Gasteiger charge is -2.31. The number of nitrogens with two attached hydrogens (primary N) is 1. The molecule has 2 aromatic rings.